The molecular formula is C6H13Cl3OSi2. The molecule has 0 spiro atoms. The summed E-state index contributed by atoms with van der Waals surface area (Å²) in [6.45, 7) is 0.303. The van der Waals surface area contributed by atoms with E-state index in [4.69, 9.17) is 37.7 Å². The van der Waals surface area contributed by atoms with E-state index in [-0.39, 0.29) is 0 Å². The number of rotatable bonds is 1. The third-order valence-electron chi connectivity index (χ3n) is 2.37. The maximum absolute atomic E-state index is 6.51. The highest BCUT2D eigenvalue weighted by Gasteiger charge is 2.59. The molecule has 0 aromatic rings. The molecule has 12 heavy (non-hydrogen) atoms. The Bertz CT molecular complexity index is 176. The SMILES string of the molecule is CC(C)[Si]1(Cl)CCCO[Si]1(Cl)Cl. The van der Waals surface area contributed by atoms with Gasteiger partial charge in [0, 0.05) is 6.61 Å². The van der Waals surface area contributed by atoms with Gasteiger partial charge in [0.2, 0.25) is 6.90 Å². The summed E-state index contributed by atoms with van der Waals surface area (Å²) in [6.07, 6.45) is 1.02. The lowest BCUT2D eigenvalue weighted by Gasteiger charge is -2.39. The molecule has 0 amide bonds. The molecule has 0 saturated carbocycles. The second kappa shape index (κ2) is 3.79. The van der Waals surface area contributed by atoms with Crippen molar-refractivity contribution in [2.24, 2.45) is 0 Å². The minimum Gasteiger partial charge on any atom is -0.394 e. The molecule has 1 atom stereocenters. The fourth-order valence-electron chi connectivity index (χ4n) is 1.42. The molecule has 1 aliphatic heterocycles. The Balaban J connectivity index is 2.84. The summed E-state index contributed by atoms with van der Waals surface area (Å²) >= 11 is 18.9. The lowest BCUT2D eigenvalue weighted by Crippen LogP contribution is -2.58. The molecule has 1 fully saturated rings. The van der Waals surface area contributed by atoms with E-state index in [2.05, 4.69) is 13.8 Å². The van der Waals surface area contributed by atoms with Gasteiger partial charge in [-0.15, -0.1) is 22.2 Å². The molecule has 0 aliphatic carbocycles. The van der Waals surface area contributed by atoms with Crippen LogP contribution in [0.4, 0.5) is 0 Å². The van der Waals surface area contributed by atoms with E-state index >= 15 is 0 Å². The smallest absolute Gasteiger partial charge is 0.386 e. The minimum atomic E-state index is -2.56. The predicted molar refractivity (Wildman–Crippen MR) is 59.5 cm³/mol. The van der Waals surface area contributed by atoms with Gasteiger partial charge in [-0.25, -0.2) is 0 Å². The van der Waals surface area contributed by atoms with Gasteiger partial charge in [-0.3, -0.25) is 0 Å². The second-order valence-electron chi connectivity index (χ2n) is 3.49. The van der Waals surface area contributed by atoms with E-state index in [9.17, 15) is 0 Å². The standard InChI is InChI=1S/C6H13Cl3OSi2/c1-6(2)11(7)5-3-4-10-12(11,8)9/h6H,3-5H2,1-2H3. The van der Waals surface area contributed by atoms with Crippen LogP contribution in [0.1, 0.15) is 20.3 Å². The molecule has 0 bridgehead atoms. The molecule has 1 aliphatic rings. The third kappa shape index (κ3) is 1.86. The van der Waals surface area contributed by atoms with Gasteiger partial charge in [0.1, 0.15) is 0 Å². The van der Waals surface area contributed by atoms with Crippen LogP contribution in [0.25, 0.3) is 0 Å². The highest BCUT2D eigenvalue weighted by atomic mass is 35.7. The fraction of sp³-hybridized carbons (Fsp3) is 1.00. The van der Waals surface area contributed by atoms with Crippen molar-refractivity contribution < 1.29 is 4.43 Å². The zero-order valence-electron chi connectivity index (χ0n) is 7.24. The Morgan fingerprint density at radius 1 is 1.25 bits per heavy atom. The van der Waals surface area contributed by atoms with Crippen LogP contribution in [0.15, 0.2) is 0 Å². The van der Waals surface area contributed by atoms with E-state index < -0.39 is 13.4 Å². The van der Waals surface area contributed by atoms with Crippen molar-refractivity contribution in [3.8, 4) is 0 Å². The average Bonchev–Trinajstić information content (AvgIpc) is 1.95. The highest BCUT2D eigenvalue weighted by Crippen LogP contribution is 2.45. The first-order valence-corrected chi connectivity index (χ1v) is 12.3. The molecule has 1 rings (SSSR count). The van der Waals surface area contributed by atoms with Crippen LogP contribution in [-0.2, 0) is 4.43 Å². The Kier molecular flexibility index (Phi) is 3.58. The van der Waals surface area contributed by atoms with E-state index in [1.165, 1.54) is 0 Å². The van der Waals surface area contributed by atoms with Crippen LogP contribution in [0.3, 0.4) is 0 Å². The molecule has 1 unspecified atom stereocenters. The minimum absolute atomic E-state index is 0.404. The van der Waals surface area contributed by atoms with Gasteiger partial charge in [0.25, 0.3) is 0 Å². The lowest BCUT2D eigenvalue weighted by atomic mass is 10.5. The number of hydrogen-bond acceptors (Lipinski definition) is 1. The third-order valence-corrected chi connectivity index (χ3v) is 25.4. The maximum Gasteiger partial charge on any atom is 0.386 e. The van der Waals surface area contributed by atoms with Crippen LogP contribution in [0, 0.1) is 0 Å². The zero-order valence-corrected chi connectivity index (χ0v) is 11.5. The summed E-state index contributed by atoms with van der Waals surface area (Å²) in [4.78, 5) is 0. The van der Waals surface area contributed by atoms with Crippen LogP contribution in [0.2, 0.25) is 11.6 Å². The van der Waals surface area contributed by atoms with Crippen molar-refractivity contribution >= 4 is 46.6 Å². The van der Waals surface area contributed by atoms with Crippen molar-refractivity contribution in [2.45, 2.75) is 31.9 Å². The summed E-state index contributed by atoms with van der Waals surface area (Å²) in [5.74, 6) is 0. The predicted octanol–water partition coefficient (Wildman–Crippen LogP) is 3.50. The Morgan fingerprint density at radius 2 is 1.83 bits per heavy atom. The van der Waals surface area contributed by atoms with Gasteiger partial charge < -0.3 is 4.43 Å². The summed E-state index contributed by atoms with van der Waals surface area (Å²) in [7, 11) is 0. The summed E-state index contributed by atoms with van der Waals surface area (Å²) < 4.78 is 5.44. The van der Waals surface area contributed by atoms with Crippen molar-refractivity contribution in [3.05, 3.63) is 0 Å². The quantitative estimate of drug-likeness (QED) is 0.520. The van der Waals surface area contributed by atoms with E-state index in [1.807, 2.05) is 0 Å². The van der Waals surface area contributed by atoms with E-state index in [0.717, 1.165) is 12.5 Å². The molecule has 0 N–H and O–H groups in total. The second-order valence-corrected chi connectivity index (χ2v) is 21.6. The molecule has 0 aromatic carbocycles. The van der Waals surface area contributed by atoms with Gasteiger partial charge in [0.15, 0.2) is 0 Å². The molecule has 1 nitrogen and oxygen atoms in total. The molecule has 0 radical (unpaired) electrons. The van der Waals surface area contributed by atoms with Crippen molar-refractivity contribution in [2.75, 3.05) is 6.61 Å². The lowest BCUT2D eigenvalue weighted by molar-refractivity contribution is 0.323. The Hall–Kier alpha value is 1.26. The van der Waals surface area contributed by atoms with E-state index in [1.54, 1.807) is 0 Å². The van der Waals surface area contributed by atoms with Gasteiger partial charge in [-0.1, -0.05) is 13.8 Å². The van der Waals surface area contributed by atoms with Gasteiger partial charge in [-0.05, 0) is 18.0 Å². The van der Waals surface area contributed by atoms with Crippen LogP contribution in [0.5, 0.6) is 0 Å². The van der Waals surface area contributed by atoms with Crippen LogP contribution < -0.4 is 0 Å². The van der Waals surface area contributed by atoms with Crippen molar-refractivity contribution in [1.82, 2.24) is 0 Å². The molecule has 72 valence electrons. The fourth-order valence-corrected chi connectivity index (χ4v) is 15.7. The Morgan fingerprint density at radius 3 is 2.17 bits per heavy atom. The number of halogens is 3. The highest BCUT2D eigenvalue weighted by molar-refractivity contribution is 7.82. The molecule has 0 aromatic heterocycles. The van der Waals surface area contributed by atoms with Gasteiger partial charge in [-0.2, -0.15) is 11.1 Å². The summed E-state index contributed by atoms with van der Waals surface area (Å²) in [5.41, 5.74) is 0.404. The molecule has 6 heteroatoms. The van der Waals surface area contributed by atoms with Gasteiger partial charge >= 0.3 is 6.45 Å². The first-order chi connectivity index (χ1) is 5.40. The summed E-state index contributed by atoms with van der Waals surface area (Å²) in [6, 6.07) is 1.01. The molecule has 1 saturated heterocycles. The number of hydrogen-bond donors (Lipinski definition) is 0. The largest absolute Gasteiger partial charge is 0.394 e. The zero-order chi connectivity index (χ0) is 9.41. The summed E-state index contributed by atoms with van der Waals surface area (Å²) in [5, 5.41) is 0. The first-order valence-electron chi connectivity index (χ1n) is 4.11. The normalized spacial score (nSPS) is 35.5. The molecular weight excluding hydrogens is 251 g/mol. The van der Waals surface area contributed by atoms with Crippen molar-refractivity contribution in [1.29, 1.82) is 0 Å². The Labute approximate surface area is 89.4 Å². The van der Waals surface area contributed by atoms with Crippen LogP contribution >= 0.6 is 33.2 Å². The average molecular weight is 264 g/mol. The van der Waals surface area contributed by atoms with Crippen molar-refractivity contribution in [3.63, 3.8) is 0 Å². The van der Waals surface area contributed by atoms with E-state index in [0.29, 0.717) is 12.1 Å². The maximum atomic E-state index is 6.51. The monoisotopic (exact) mass is 262 g/mol. The topological polar surface area (TPSA) is 9.23 Å². The van der Waals surface area contributed by atoms with Crippen LogP contribution in [-0.4, -0.2) is 20.0 Å². The molecule has 1 heterocycles. The first kappa shape index (κ1) is 11.3. The van der Waals surface area contributed by atoms with Gasteiger partial charge in [0.05, 0.1) is 0 Å².